The Bertz CT molecular complexity index is 701. The van der Waals surface area contributed by atoms with Gasteiger partial charge in [0.2, 0.25) is 5.91 Å². The van der Waals surface area contributed by atoms with Crippen LogP contribution in [0, 0.1) is 0 Å². The van der Waals surface area contributed by atoms with Crippen LogP contribution in [0.1, 0.15) is 35.7 Å². The van der Waals surface area contributed by atoms with Gasteiger partial charge in [0.1, 0.15) is 0 Å². The normalized spacial score (nSPS) is 20.0. The summed E-state index contributed by atoms with van der Waals surface area (Å²) in [5, 5.41) is 10.1. The Hall–Kier alpha value is -2.22. The number of nitrogens with one attached hydrogen (secondary N) is 3. The van der Waals surface area contributed by atoms with Crippen LogP contribution in [0.25, 0.3) is 0 Å². The van der Waals surface area contributed by atoms with Gasteiger partial charge in [0.15, 0.2) is 5.96 Å². The first-order valence-corrected chi connectivity index (χ1v) is 11.0. The van der Waals surface area contributed by atoms with Crippen LogP contribution >= 0.6 is 11.8 Å². The van der Waals surface area contributed by atoms with Crippen molar-refractivity contribution in [3.05, 3.63) is 35.4 Å². The van der Waals surface area contributed by atoms with Crippen LogP contribution < -0.4 is 16.0 Å². The van der Waals surface area contributed by atoms with E-state index in [4.69, 9.17) is 0 Å². The lowest BCUT2D eigenvalue weighted by Gasteiger charge is -2.26. The van der Waals surface area contributed by atoms with Crippen molar-refractivity contribution >= 4 is 29.5 Å². The third-order valence-corrected chi connectivity index (χ3v) is 6.21. The van der Waals surface area contributed by atoms with Gasteiger partial charge in [-0.3, -0.25) is 9.59 Å². The zero-order valence-corrected chi connectivity index (χ0v) is 17.2. The number of benzene rings is 1. The van der Waals surface area contributed by atoms with Gasteiger partial charge in [0.05, 0.1) is 13.1 Å². The fourth-order valence-electron chi connectivity index (χ4n) is 3.28. The Balaban J connectivity index is 1.54. The molecule has 1 atom stereocenters. The molecule has 2 aliphatic heterocycles. The largest absolute Gasteiger partial charge is 0.357 e. The standard InChI is InChI=1S/C20H29N5O2S/c1-2-21-20(24-13-17-4-3-11-28-17)23-12-15-5-7-16(8-6-15)19(27)25-10-9-22-18(26)14-25/h5-8,17H,2-4,9-14H2,1H3,(H,22,26)(H2,21,23,24). The van der Waals surface area contributed by atoms with Gasteiger partial charge in [-0.2, -0.15) is 11.8 Å². The van der Waals surface area contributed by atoms with Crippen molar-refractivity contribution in [2.24, 2.45) is 4.99 Å². The second kappa shape index (κ2) is 10.4. The summed E-state index contributed by atoms with van der Waals surface area (Å²) in [6, 6.07) is 7.48. The third kappa shape index (κ3) is 5.89. The van der Waals surface area contributed by atoms with Crippen LogP contribution in [0.3, 0.4) is 0 Å². The molecule has 2 saturated heterocycles. The molecule has 0 aliphatic carbocycles. The van der Waals surface area contributed by atoms with Crippen molar-refractivity contribution < 1.29 is 9.59 Å². The van der Waals surface area contributed by atoms with Crippen LogP contribution in [-0.4, -0.2) is 66.4 Å². The van der Waals surface area contributed by atoms with Gasteiger partial charge < -0.3 is 20.9 Å². The molecule has 1 aromatic carbocycles. The molecule has 0 saturated carbocycles. The van der Waals surface area contributed by atoms with E-state index in [0.717, 1.165) is 24.6 Å². The average Bonchev–Trinajstić information content (AvgIpc) is 3.23. The number of thioether (sulfide) groups is 1. The fourth-order valence-corrected chi connectivity index (χ4v) is 4.48. The van der Waals surface area contributed by atoms with Crippen molar-refractivity contribution in [3.63, 3.8) is 0 Å². The Morgan fingerprint density at radius 3 is 2.82 bits per heavy atom. The molecule has 152 valence electrons. The minimum absolute atomic E-state index is 0.103. The topological polar surface area (TPSA) is 85.8 Å². The smallest absolute Gasteiger partial charge is 0.254 e. The summed E-state index contributed by atoms with van der Waals surface area (Å²) in [6.07, 6.45) is 2.57. The number of carbonyl (C=O) groups is 2. The number of rotatable bonds is 6. The van der Waals surface area contributed by atoms with Crippen LogP contribution in [0.15, 0.2) is 29.3 Å². The van der Waals surface area contributed by atoms with E-state index in [-0.39, 0.29) is 18.4 Å². The number of carbonyl (C=O) groups excluding carboxylic acids is 2. The monoisotopic (exact) mass is 403 g/mol. The highest BCUT2D eigenvalue weighted by Gasteiger charge is 2.22. The van der Waals surface area contributed by atoms with E-state index in [2.05, 4.69) is 27.9 Å². The molecule has 1 aromatic rings. The van der Waals surface area contributed by atoms with Gasteiger partial charge in [-0.15, -0.1) is 0 Å². The maximum atomic E-state index is 12.5. The fraction of sp³-hybridized carbons (Fsp3) is 0.550. The average molecular weight is 404 g/mol. The molecule has 3 rings (SSSR count). The lowest BCUT2D eigenvalue weighted by atomic mass is 10.1. The van der Waals surface area contributed by atoms with Gasteiger partial charge in [-0.25, -0.2) is 4.99 Å². The molecule has 0 aromatic heterocycles. The molecule has 1 unspecified atom stereocenters. The number of hydrogen-bond acceptors (Lipinski definition) is 4. The zero-order chi connectivity index (χ0) is 19.8. The highest BCUT2D eigenvalue weighted by molar-refractivity contribution is 8.00. The molecule has 0 bridgehead atoms. The number of hydrogen-bond donors (Lipinski definition) is 3. The van der Waals surface area contributed by atoms with Gasteiger partial charge in [-0.1, -0.05) is 12.1 Å². The Morgan fingerprint density at radius 1 is 1.32 bits per heavy atom. The van der Waals surface area contributed by atoms with E-state index in [1.807, 2.05) is 36.0 Å². The molecule has 0 radical (unpaired) electrons. The molecule has 8 heteroatoms. The van der Waals surface area contributed by atoms with Crippen LogP contribution in [0.4, 0.5) is 0 Å². The van der Waals surface area contributed by atoms with Gasteiger partial charge in [-0.05, 0) is 43.2 Å². The lowest BCUT2D eigenvalue weighted by molar-refractivity contribution is -0.123. The molecular formula is C20H29N5O2S. The van der Waals surface area contributed by atoms with Crippen molar-refractivity contribution in [1.29, 1.82) is 0 Å². The maximum absolute atomic E-state index is 12.5. The molecule has 7 nitrogen and oxygen atoms in total. The SMILES string of the molecule is CCNC(=NCc1ccc(C(=O)N2CCNC(=O)C2)cc1)NCC1CCCS1. The quantitative estimate of drug-likeness (QED) is 0.491. The Kier molecular flexibility index (Phi) is 7.59. The summed E-state index contributed by atoms with van der Waals surface area (Å²) in [7, 11) is 0. The van der Waals surface area contributed by atoms with Crippen LogP contribution in [-0.2, 0) is 11.3 Å². The van der Waals surface area contributed by atoms with Crippen LogP contribution in [0.2, 0.25) is 0 Å². The minimum Gasteiger partial charge on any atom is -0.357 e. The van der Waals surface area contributed by atoms with Crippen molar-refractivity contribution in [2.45, 2.75) is 31.6 Å². The minimum atomic E-state index is -0.106. The van der Waals surface area contributed by atoms with E-state index in [9.17, 15) is 9.59 Å². The van der Waals surface area contributed by atoms with E-state index in [1.165, 1.54) is 18.6 Å². The molecule has 2 aliphatic rings. The predicted molar refractivity (Wildman–Crippen MR) is 114 cm³/mol. The summed E-state index contributed by atoms with van der Waals surface area (Å²) in [6.45, 7) is 5.55. The number of nitrogens with zero attached hydrogens (tertiary/aromatic N) is 2. The number of guanidine groups is 1. The third-order valence-electron chi connectivity index (χ3n) is 4.81. The van der Waals surface area contributed by atoms with Gasteiger partial charge >= 0.3 is 0 Å². The molecular weight excluding hydrogens is 374 g/mol. The molecule has 2 fully saturated rings. The van der Waals surface area contributed by atoms with E-state index < -0.39 is 0 Å². The summed E-state index contributed by atoms with van der Waals surface area (Å²) in [4.78, 5) is 30.2. The molecule has 28 heavy (non-hydrogen) atoms. The number of aliphatic imine (C=N–C) groups is 1. The predicted octanol–water partition coefficient (Wildman–Crippen LogP) is 1.21. The summed E-state index contributed by atoms with van der Waals surface area (Å²) in [5.41, 5.74) is 1.64. The second-order valence-electron chi connectivity index (χ2n) is 6.98. The first-order chi connectivity index (χ1) is 13.7. The van der Waals surface area contributed by atoms with Gasteiger partial charge in [0, 0.05) is 37.0 Å². The van der Waals surface area contributed by atoms with Crippen molar-refractivity contribution in [1.82, 2.24) is 20.9 Å². The molecule has 2 amide bonds. The Labute approximate surface area is 170 Å². The first-order valence-electron chi connectivity index (χ1n) is 9.94. The number of amides is 2. The molecule has 2 heterocycles. The van der Waals surface area contributed by atoms with Crippen molar-refractivity contribution in [2.75, 3.05) is 38.5 Å². The zero-order valence-electron chi connectivity index (χ0n) is 16.4. The van der Waals surface area contributed by atoms with E-state index in [0.29, 0.717) is 30.4 Å². The van der Waals surface area contributed by atoms with E-state index in [1.54, 1.807) is 4.90 Å². The highest BCUT2D eigenvalue weighted by atomic mass is 32.2. The first kappa shape index (κ1) is 20.5. The highest BCUT2D eigenvalue weighted by Crippen LogP contribution is 2.25. The van der Waals surface area contributed by atoms with Crippen LogP contribution in [0.5, 0.6) is 0 Å². The summed E-state index contributed by atoms with van der Waals surface area (Å²) >= 11 is 2.03. The second-order valence-corrected chi connectivity index (χ2v) is 8.39. The molecule has 0 spiro atoms. The molecule has 3 N–H and O–H groups in total. The summed E-state index contributed by atoms with van der Waals surface area (Å²) < 4.78 is 0. The maximum Gasteiger partial charge on any atom is 0.254 e. The summed E-state index contributed by atoms with van der Waals surface area (Å²) in [5.74, 6) is 1.88. The number of piperazine rings is 1. The van der Waals surface area contributed by atoms with Gasteiger partial charge in [0.25, 0.3) is 5.91 Å². The lowest BCUT2D eigenvalue weighted by Crippen LogP contribution is -2.49. The van der Waals surface area contributed by atoms with E-state index >= 15 is 0 Å². The Morgan fingerprint density at radius 2 is 2.14 bits per heavy atom. The van der Waals surface area contributed by atoms with Crippen molar-refractivity contribution in [3.8, 4) is 0 Å².